The largest absolute Gasteiger partial charge is 2.00 e. The number of carbonyl (C=O) groups excluding carboxylic acids is 3. The number of allylic oxidation sites excluding steroid dienone is 2. The van der Waals surface area contributed by atoms with Crippen LogP contribution in [0.2, 0.25) is 0 Å². The van der Waals surface area contributed by atoms with Crippen LogP contribution >= 0.6 is 0 Å². The molecule has 0 spiro atoms. The number of benzene rings is 1. The monoisotopic (exact) mass is 415 g/mol. The number of hydrogen-bond acceptors (Lipinski definition) is 5. The van der Waals surface area contributed by atoms with Crippen LogP contribution in [0.15, 0.2) is 48.6 Å². The second-order valence-corrected chi connectivity index (χ2v) is 6.14. The molecule has 0 bridgehead atoms. The van der Waals surface area contributed by atoms with E-state index in [9.17, 15) is 14.4 Å². The van der Waals surface area contributed by atoms with Crippen molar-refractivity contribution in [1.82, 2.24) is 5.32 Å². The van der Waals surface area contributed by atoms with Crippen LogP contribution < -0.4 is 5.32 Å². The number of nitrogens with one attached hydrogen (secondary N) is 1. The molecule has 1 aromatic carbocycles. The summed E-state index contributed by atoms with van der Waals surface area (Å²) in [5.41, 5.74) is 0.328. The Kier molecular flexibility index (Phi) is 13.7. The minimum absolute atomic E-state index is 0. The van der Waals surface area contributed by atoms with E-state index < -0.39 is 23.7 Å². The number of carbonyl (C=O) groups is 2. The number of esters is 1. The van der Waals surface area contributed by atoms with Crippen molar-refractivity contribution in [2.45, 2.75) is 38.8 Å². The molecule has 27 heavy (non-hydrogen) atoms. The average molecular weight is 415 g/mol. The molecular formula is C20H25FeNO5. The van der Waals surface area contributed by atoms with Crippen molar-refractivity contribution in [2.75, 3.05) is 0 Å². The van der Waals surface area contributed by atoms with E-state index in [4.69, 9.17) is 4.74 Å². The third kappa shape index (κ3) is 12.6. The standard InChI is InChI=1S/C19H22NO5.CH3.Fe/c1-19(2,3)25-18(23)20-16(17(22)24-14-21)13-9-5-8-12-15-10-6-4-7-11-15;;/h4-12,16H,13H2,1-3H3,(H,20,23);1H3;/q2*-1;+2. The van der Waals surface area contributed by atoms with Crippen LogP contribution in [0.1, 0.15) is 32.8 Å². The molecule has 1 amide bonds. The van der Waals surface area contributed by atoms with E-state index in [1.807, 2.05) is 36.4 Å². The van der Waals surface area contributed by atoms with Gasteiger partial charge in [-0.25, -0.2) is 4.79 Å². The molecule has 0 aliphatic rings. The number of amides is 1. The van der Waals surface area contributed by atoms with Gasteiger partial charge in [0, 0.05) is 0 Å². The molecule has 0 radical (unpaired) electrons. The quantitative estimate of drug-likeness (QED) is 0.242. The Labute approximate surface area is 171 Å². The van der Waals surface area contributed by atoms with Gasteiger partial charge < -0.3 is 31.8 Å². The Morgan fingerprint density at radius 3 is 2.37 bits per heavy atom. The van der Waals surface area contributed by atoms with E-state index in [0.717, 1.165) is 12.0 Å². The maximum absolute atomic E-state index is 11.8. The van der Waals surface area contributed by atoms with E-state index in [-0.39, 0.29) is 30.9 Å². The normalized spacial score (nSPS) is 11.8. The minimum Gasteiger partial charge on any atom is -0.583 e. The summed E-state index contributed by atoms with van der Waals surface area (Å²) in [4.78, 5) is 33.7. The molecule has 0 fully saturated rings. The van der Waals surface area contributed by atoms with Crippen LogP contribution in [-0.2, 0) is 36.1 Å². The molecule has 6 nitrogen and oxygen atoms in total. The zero-order valence-electron chi connectivity index (χ0n) is 15.9. The van der Waals surface area contributed by atoms with Gasteiger partial charge in [-0.05, 0) is 32.8 Å². The second-order valence-electron chi connectivity index (χ2n) is 6.14. The van der Waals surface area contributed by atoms with Crippen LogP contribution in [-0.4, -0.2) is 30.2 Å². The molecule has 1 N–H and O–H groups in total. The van der Waals surface area contributed by atoms with Gasteiger partial charge in [-0.1, -0.05) is 54.6 Å². The van der Waals surface area contributed by atoms with Crippen molar-refractivity contribution >= 4 is 24.6 Å². The molecule has 1 aromatic rings. The smallest absolute Gasteiger partial charge is 0.583 e. The van der Waals surface area contributed by atoms with Gasteiger partial charge in [0.05, 0.1) is 6.04 Å². The summed E-state index contributed by atoms with van der Waals surface area (Å²) in [5.74, 6) is -0.905. The summed E-state index contributed by atoms with van der Waals surface area (Å²) in [7, 11) is 0. The van der Waals surface area contributed by atoms with Crippen LogP contribution in [0.25, 0.3) is 6.08 Å². The van der Waals surface area contributed by atoms with Gasteiger partial charge in [0.2, 0.25) is 0 Å². The molecule has 0 aliphatic carbocycles. The molecule has 0 saturated heterocycles. The van der Waals surface area contributed by atoms with Gasteiger partial charge >= 0.3 is 23.2 Å². The predicted octanol–water partition coefficient (Wildman–Crippen LogP) is 3.60. The molecule has 1 unspecified atom stereocenters. The summed E-state index contributed by atoms with van der Waals surface area (Å²) in [6.45, 7) is 6.17. The van der Waals surface area contributed by atoms with Gasteiger partial charge in [0.15, 0.2) is 12.4 Å². The summed E-state index contributed by atoms with van der Waals surface area (Å²) in [5, 5.41) is 2.38. The zero-order chi connectivity index (χ0) is 18.7. The number of hydrogen-bond donors (Lipinski definition) is 1. The molecule has 1 atom stereocenters. The van der Waals surface area contributed by atoms with E-state index >= 15 is 0 Å². The number of alkyl carbamates (subject to hydrolysis) is 1. The first-order valence-electron chi connectivity index (χ1n) is 7.77. The summed E-state index contributed by atoms with van der Waals surface area (Å²) in [6.07, 6.45) is 6.47. The van der Waals surface area contributed by atoms with Gasteiger partial charge in [0.1, 0.15) is 5.60 Å². The Morgan fingerprint density at radius 1 is 1.19 bits per heavy atom. The zero-order valence-corrected chi connectivity index (χ0v) is 17.0. The van der Waals surface area contributed by atoms with Gasteiger partial charge in [-0.2, -0.15) is 0 Å². The maximum atomic E-state index is 11.8. The average Bonchev–Trinajstić information content (AvgIpc) is 2.53. The Morgan fingerprint density at radius 2 is 1.81 bits per heavy atom. The number of rotatable bonds is 7. The molecule has 0 aliphatic heterocycles. The van der Waals surface area contributed by atoms with Crippen molar-refractivity contribution in [2.24, 2.45) is 0 Å². The van der Waals surface area contributed by atoms with Crippen molar-refractivity contribution in [3.63, 3.8) is 0 Å². The maximum Gasteiger partial charge on any atom is 2.00 e. The third-order valence-electron chi connectivity index (χ3n) is 2.82. The van der Waals surface area contributed by atoms with Gasteiger partial charge in [-0.3, -0.25) is 0 Å². The van der Waals surface area contributed by atoms with E-state index in [0.29, 0.717) is 0 Å². The van der Waals surface area contributed by atoms with E-state index in [1.54, 1.807) is 39.0 Å². The topological polar surface area (TPSA) is 81.7 Å². The van der Waals surface area contributed by atoms with E-state index in [2.05, 4.69) is 10.1 Å². The van der Waals surface area contributed by atoms with Crippen LogP contribution in [0.4, 0.5) is 4.79 Å². The Hall–Kier alpha value is -2.37. The fraction of sp³-hybridized carbons (Fsp3) is 0.300. The summed E-state index contributed by atoms with van der Waals surface area (Å²) in [6, 6.07) is 8.64. The molecular weight excluding hydrogens is 390 g/mol. The van der Waals surface area contributed by atoms with Crippen molar-refractivity contribution < 1.29 is 40.9 Å². The summed E-state index contributed by atoms with van der Waals surface area (Å²) >= 11 is 0. The summed E-state index contributed by atoms with van der Waals surface area (Å²) < 4.78 is 9.28. The SMILES string of the molecule is CC(C)(C)OC(=O)NC(CC=CC=Cc1ccccc1)C(=O)O[C-]=O.[CH3-].[Fe+2]. The molecule has 0 aromatic heterocycles. The molecule has 1 rings (SSSR count). The first-order valence-corrected chi connectivity index (χ1v) is 7.77. The fourth-order valence-corrected chi connectivity index (χ4v) is 1.80. The van der Waals surface area contributed by atoms with Crippen LogP contribution in [0.3, 0.4) is 0 Å². The van der Waals surface area contributed by atoms with Crippen molar-refractivity contribution in [1.29, 1.82) is 0 Å². The Balaban J connectivity index is 0. The van der Waals surface area contributed by atoms with Crippen LogP contribution in [0.5, 0.6) is 0 Å². The van der Waals surface area contributed by atoms with E-state index in [1.165, 1.54) is 0 Å². The van der Waals surface area contributed by atoms with Crippen molar-refractivity contribution in [3.8, 4) is 0 Å². The second kappa shape index (κ2) is 13.8. The molecule has 0 heterocycles. The van der Waals surface area contributed by atoms with Crippen LogP contribution in [0, 0.1) is 7.43 Å². The minimum atomic E-state index is -1.04. The van der Waals surface area contributed by atoms with Gasteiger partial charge in [0.25, 0.3) is 0 Å². The predicted molar refractivity (Wildman–Crippen MR) is 101 cm³/mol. The molecule has 148 valence electrons. The Bertz CT molecular complexity index is 636. The van der Waals surface area contributed by atoms with Crippen molar-refractivity contribution in [3.05, 3.63) is 61.5 Å². The number of ether oxygens (including phenoxy) is 2. The van der Waals surface area contributed by atoms with Gasteiger partial charge in [-0.15, -0.1) is 0 Å². The molecule has 0 saturated carbocycles. The molecule has 7 heteroatoms. The fourth-order valence-electron chi connectivity index (χ4n) is 1.80. The third-order valence-corrected chi connectivity index (χ3v) is 2.82. The first kappa shape index (κ1) is 26.9. The first-order chi connectivity index (χ1) is 11.8.